The Balaban J connectivity index is 1.59. The number of nitrogens with zero attached hydrogens (tertiary/aromatic N) is 4. The van der Waals surface area contributed by atoms with E-state index in [-0.39, 0.29) is 6.10 Å². The number of ether oxygens (including phenoxy) is 1. The van der Waals surface area contributed by atoms with Crippen LogP contribution in [0, 0.1) is 0 Å². The van der Waals surface area contributed by atoms with Crippen LogP contribution in [0.3, 0.4) is 0 Å². The lowest BCUT2D eigenvalue weighted by molar-refractivity contribution is 0.0772. The Bertz CT molecular complexity index is 901. The van der Waals surface area contributed by atoms with Gasteiger partial charge in [0.2, 0.25) is 0 Å². The van der Waals surface area contributed by atoms with Gasteiger partial charge in [0.15, 0.2) is 17.8 Å². The predicted molar refractivity (Wildman–Crippen MR) is 92.0 cm³/mol. The minimum absolute atomic E-state index is 0.299. The highest BCUT2D eigenvalue weighted by Gasteiger charge is 2.23. The highest BCUT2D eigenvalue weighted by molar-refractivity contribution is 7.53. The van der Waals surface area contributed by atoms with Crippen LogP contribution in [-0.2, 0) is 15.8 Å². The van der Waals surface area contributed by atoms with Gasteiger partial charge in [-0.1, -0.05) is 18.2 Å². The first-order valence-corrected chi connectivity index (χ1v) is 9.30. The number of fused-ring (bicyclic) bond motifs is 1. The van der Waals surface area contributed by atoms with E-state index in [0.717, 1.165) is 0 Å². The number of para-hydroxylation sites is 1. The van der Waals surface area contributed by atoms with Crippen molar-refractivity contribution in [2.24, 2.45) is 0 Å². The molecule has 3 rings (SSSR count). The van der Waals surface area contributed by atoms with Crippen LogP contribution < -0.4 is 10.3 Å². The zero-order chi connectivity index (χ0) is 17.9. The number of rotatable bonds is 7. The molecule has 0 spiro atoms. The topological polar surface area (TPSA) is 125 Å². The van der Waals surface area contributed by atoms with Crippen LogP contribution >= 0.6 is 7.60 Å². The van der Waals surface area contributed by atoms with Crippen LogP contribution in [0.25, 0.3) is 11.2 Å². The number of hydrogen-bond acceptors (Lipinski definition) is 7. The van der Waals surface area contributed by atoms with Crippen molar-refractivity contribution in [2.45, 2.75) is 19.6 Å². The van der Waals surface area contributed by atoms with Crippen LogP contribution in [0.1, 0.15) is 6.92 Å². The van der Waals surface area contributed by atoms with Crippen LogP contribution in [0.5, 0.6) is 5.75 Å². The standard InChI is InChI=1S/C15H18N5O4P/c1-11(7-20-9-19-13-14(16)17-8-18-15(13)20)23-10-25(21,22)24-12-5-3-2-4-6-12/h2-6,8-9,11H,7,10H2,1H3,(H,21,22)(H2,16,17,18). The number of anilines is 1. The molecular formula is C15H18N5O4P. The first-order chi connectivity index (χ1) is 11.9. The smallest absolute Gasteiger partial charge is 0.402 e. The summed E-state index contributed by atoms with van der Waals surface area (Å²) in [5, 5.41) is 0. The molecule has 0 amide bonds. The fourth-order valence-electron chi connectivity index (χ4n) is 2.26. The molecular weight excluding hydrogens is 345 g/mol. The monoisotopic (exact) mass is 363 g/mol. The van der Waals surface area contributed by atoms with E-state index in [1.165, 1.54) is 6.33 Å². The van der Waals surface area contributed by atoms with Crippen LogP contribution in [-0.4, -0.2) is 36.9 Å². The van der Waals surface area contributed by atoms with E-state index in [0.29, 0.717) is 29.3 Å². The summed E-state index contributed by atoms with van der Waals surface area (Å²) >= 11 is 0. The van der Waals surface area contributed by atoms with Crippen LogP contribution in [0.15, 0.2) is 43.0 Å². The number of hydrogen-bond donors (Lipinski definition) is 2. The lowest BCUT2D eigenvalue weighted by atomic mass is 10.3. The van der Waals surface area contributed by atoms with Gasteiger partial charge in [-0.3, -0.25) is 0 Å². The number of nitrogen functional groups attached to an aromatic ring is 1. The summed E-state index contributed by atoms with van der Waals surface area (Å²) in [6, 6.07) is 8.44. The van der Waals surface area contributed by atoms with E-state index >= 15 is 0 Å². The van der Waals surface area contributed by atoms with E-state index in [1.807, 2.05) is 0 Å². The molecule has 0 aliphatic heterocycles. The molecule has 3 N–H and O–H groups in total. The van der Waals surface area contributed by atoms with Gasteiger partial charge in [0, 0.05) is 0 Å². The van der Waals surface area contributed by atoms with E-state index in [9.17, 15) is 9.46 Å². The largest absolute Gasteiger partial charge is 0.423 e. The van der Waals surface area contributed by atoms with Crippen molar-refractivity contribution in [2.75, 3.05) is 12.1 Å². The second-order valence-electron chi connectivity index (χ2n) is 5.48. The maximum absolute atomic E-state index is 12.1. The molecule has 0 radical (unpaired) electrons. The Labute approximate surface area is 144 Å². The molecule has 2 heterocycles. The van der Waals surface area contributed by atoms with E-state index in [2.05, 4.69) is 15.0 Å². The highest BCUT2D eigenvalue weighted by Crippen LogP contribution is 2.42. The second kappa shape index (κ2) is 7.18. The molecule has 1 aromatic carbocycles. The zero-order valence-corrected chi connectivity index (χ0v) is 14.4. The minimum Gasteiger partial charge on any atom is -0.423 e. The fourth-order valence-corrected chi connectivity index (χ4v) is 3.20. The number of aromatic nitrogens is 4. The molecule has 0 saturated heterocycles. The zero-order valence-electron chi connectivity index (χ0n) is 13.5. The van der Waals surface area contributed by atoms with Gasteiger partial charge in [-0.05, 0) is 19.1 Å². The fraction of sp³-hybridized carbons (Fsp3) is 0.267. The van der Waals surface area contributed by atoms with Gasteiger partial charge in [0.05, 0.1) is 19.0 Å². The molecule has 132 valence electrons. The third kappa shape index (κ3) is 4.33. The lowest BCUT2D eigenvalue weighted by Gasteiger charge is -2.17. The number of imidazole rings is 1. The average Bonchev–Trinajstić information content (AvgIpc) is 2.98. The average molecular weight is 363 g/mol. The van der Waals surface area contributed by atoms with E-state index in [1.54, 1.807) is 48.1 Å². The molecule has 25 heavy (non-hydrogen) atoms. The molecule has 2 atom stereocenters. The molecule has 0 fully saturated rings. The first-order valence-electron chi connectivity index (χ1n) is 7.54. The quantitative estimate of drug-likeness (QED) is 0.611. The summed E-state index contributed by atoms with van der Waals surface area (Å²) in [7, 11) is -3.91. The van der Waals surface area contributed by atoms with Crippen LogP contribution in [0.4, 0.5) is 5.82 Å². The molecule has 0 aliphatic carbocycles. The van der Waals surface area contributed by atoms with Crippen LogP contribution in [0.2, 0.25) is 0 Å². The maximum atomic E-state index is 12.1. The molecule has 0 saturated carbocycles. The van der Waals surface area contributed by atoms with Crippen molar-refractivity contribution in [3.63, 3.8) is 0 Å². The minimum atomic E-state index is -3.91. The van der Waals surface area contributed by atoms with Crippen molar-refractivity contribution in [3.8, 4) is 5.75 Å². The second-order valence-corrected chi connectivity index (χ2v) is 7.19. The summed E-state index contributed by atoms with van der Waals surface area (Å²) in [6.45, 7) is 2.16. The van der Waals surface area contributed by atoms with Gasteiger partial charge in [0.25, 0.3) is 0 Å². The molecule has 3 aromatic rings. The van der Waals surface area contributed by atoms with E-state index < -0.39 is 13.9 Å². The van der Waals surface area contributed by atoms with Gasteiger partial charge < -0.3 is 24.5 Å². The lowest BCUT2D eigenvalue weighted by Crippen LogP contribution is -2.18. The summed E-state index contributed by atoms with van der Waals surface area (Å²) in [6.07, 6.45) is 2.15. The van der Waals surface area contributed by atoms with E-state index in [4.69, 9.17) is 15.0 Å². The van der Waals surface area contributed by atoms with Gasteiger partial charge in [-0.15, -0.1) is 0 Å². The molecule has 2 aromatic heterocycles. The van der Waals surface area contributed by atoms with Gasteiger partial charge in [-0.25, -0.2) is 19.5 Å². The Kier molecular flexibility index (Phi) is 4.98. The van der Waals surface area contributed by atoms with Crippen molar-refractivity contribution in [1.29, 1.82) is 0 Å². The van der Waals surface area contributed by atoms with Crippen molar-refractivity contribution in [1.82, 2.24) is 19.5 Å². The Morgan fingerprint density at radius 3 is 2.80 bits per heavy atom. The van der Waals surface area contributed by atoms with Crippen molar-refractivity contribution in [3.05, 3.63) is 43.0 Å². The molecule has 0 aliphatic rings. The van der Waals surface area contributed by atoms with Gasteiger partial charge >= 0.3 is 7.60 Å². The van der Waals surface area contributed by atoms with Crippen molar-refractivity contribution < 1.29 is 18.7 Å². The summed E-state index contributed by atoms with van der Waals surface area (Å²) in [5.74, 6) is 0.616. The SMILES string of the molecule is CC(Cn1cnc2c(N)ncnc21)OCP(=O)(O)Oc1ccccc1. The first kappa shape index (κ1) is 17.3. The molecule has 0 bridgehead atoms. The molecule has 2 unspecified atom stereocenters. The van der Waals surface area contributed by atoms with Crippen molar-refractivity contribution >= 4 is 24.6 Å². The Morgan fingerprint density at radius 1 is 1.28 bits per heavy atom. The summed E-state index contributed by atoms with van der Waals surface area (Å²) < 4.78 is 24.4. The Hall–Kier alpha value is -2.48. The third-order valence-electron chi connectivity index (χ3n) is 3.40. The predicted octanol–water partition coefficient (Wildman–Crippen LogP) is 2.04. The molecule has 9 nitrogen and oxygen atoms in total. The normalized spacial score (nSPS) is 15.0. The molecule has 10 heteroatoms. The number of benzene rings is 1. The van der Waals surface area contributed by atoms with Gasteiger partial charge in [-0.2, -0.15) is 0 Å². The number of nitrogens with two attached hydrogens (primary N) is 1. The highest BCUT2D eigenvalue weighted by atomic mass is 31.2. The van der Waals surface area contributed by atoms with Gasteiger partial charge in [0.1, 0.15) is 17.6 Å². The summed E-state index contributed by atoms with van der Waals surface area (Å²) in [5.41, 5.74) is 6.83. The maximum Gasteiger partial charge on any atom is 0.402 e. The Morgan fingerprint density at radius 2 is 2.04 bits per heavy atom. The third-order valence-corrected chi connectivity index (χ3v) is 4.37. The summed E-state index contributed by atoms with van der Waals surface area (Å²) in [4.78, 5) is 22.1.